The SMILES string of the molecule is C=C1C=CC(c2cc(=O)n3cc(C4CCN(C)CC4)ccc3n2)=CN1/C=C(/C)C(C)CC. The highest BCUT2D eigenvalue weighted by Crippen LogP contribution is 2.28. The van der Waals surface area contributed by atoms with Gasteiger partial charge in [-0.25, -0.2) is 4.98 Å². The molecule has 5 nitrogen and oxygen atoms in total. The maximum atomic E-state index is 13.0. The molecule has 168 valence electrons. The minimum absolute atomic E-state index is 0.0450. The smallest absolute Gasteiger partial charge is 0.258 e. The Labute approximate surface area is 191 Å². The number of nitrogens with zero attached hydrogens (tertiary/aromatic N) is 4. The molecule has 4 heterocycles. The zero-order valence-electron chi connectivity index (χ0n) is 19.7. The molecule has 2 aromatic heterocycles. The molecule has 1 unspecified atom stereocenters. The summed E-state index contributed by atoms with van der Waals surface area (Å²) in [4.78, 5) is 22.2. The lowest BCUT2D eigenvalue weighted by molar-refractivity contribution is 0.255. The summed E-state index contributed by atoms with van der Waals surface area (Å²) in [6, 6.07) is 5.76. The average Bonchev–Trinajstić information content (AvgIpc) is 2.80. The van der Waals surface area contributed by atoms with E-state index in [9.17, 15) is 4.79 Å². The van der Waals surface area contributed by atoms with Gasteiger partial charge in [0.15, 0.2) is 0 Å². The summed E-state index contributed by atoms with van der Waals surface area (Å²) in [6.45, 7) is 12.9. The first-order chi connectivity index (χ1) is 15.4. The quantitative estimate of drug-likeness (QED) is 0.655. The maximum Gasteiger partial charge on any atom is 0.258 e. The van der Waals surface area contributed by atoms with Crippen LogP contribution < -0.4 is 5.56 Å². The van der Waals surface area contributed by atoms with Crippen LogP contribution in [0.4, 0.5) is 0 Å². The van der Waals surface area contributed by atoms with Crippen LogP contribution >= 0.6 is 0 Å². The van der Waals surface area contributed by atoms with Crippen LogP contribution in [0.25, 0.3) is 11.2 Å². The zero-order chi connectivity index (χ0) is 22.8. The lowest BCUT2D eigenvalue weighted by atomic mass is 9.91. The van der Waals surface area contributed by atoms with Crippen molar-refractivity contribution in [2.75, 3.05) is 20.1 Å². The van der Waals surface area contributed by atoms with E-state index in [1.807, 2.05) is 35.5 Å². The molecule has 0 spiro atoms. The number of aromatic nitrogens is 2. The summed E-state index contributed by atoms with van der Waals surface area (Å²) in [5, 5.41) is 0. The summed E-state index contributed by atoms with van der Waals surface area (Å²) in [5.41, 5.74) is 5.66. The van der Waals surface area contributed by atoms with E-state index in [2.05, 4.69) is 51.6 Å². The van der Waals surface area contributed by atoms with Gasteiger partial charge in [-0.2, -0.15) is 0 Å². The molecule has 4 rings (SSSR count). The van der Waals surface area contributed by atoms with Crippen LogP contribution in [0, 0.1) is 5.92 Å². The summed E-state index contributed by atoms with van der Waals surface area (Å²) >= 11 is 0. The van der Waals surface area contributed by atoms with Crippen molar-refractivity contribution in [3.05, 3.63) is 88.4 Å². The molecule has 1 atom stereocenters. The van der Waals surface area contributed by atoms with Crippen LogP contribution in [0.15, 0.2) is 71.6 Å². The fourth-order valence-electron chi connectivity index (χ4n) is 4.34. The third-order valence-corrected chi connectivity index (χ3v) is 6.97. The van der Waals surface area contributed by atoms with Gasteiger partial charge in [-0.05, 0) is 81.9 Å². The Morgan fingerprint density at radius 3 is 2.75 bits per heavy atom. The third kappa shape index (κ3) is 4.63. The van der Waals surface area contributed by atoms with Crippen LogP contribution in [0.3, 0.4) is 0 Å². The minimum atomic E-state index is -0.0450. The fourth-order valence-corrected chi connectivity index (χ4v) is 4.34. The van der Waals surface area contributed by atoms with Crippen molar-refractivity contribution < 1.29 is 0 Å². The van der Waals surface area contributed by atoms with Crippen molar-refractivity contribution in [2.24, 2.45) is 5.92 Å². The minimum Gasteiger partial charge on any atom is -0.324 e. The van der Waals surface area contributed by atoms with Crippen LogP contribution in [0.5, 0.6) is 0 Å². The van der Waals surface area contributed by atoms with Crippen LogP contribution in [0.1, 0.15) is 57.2 Å². The number of hydrogen-bond donors (Lipinski definition) is 0. The van der Waals surface area contributed by atoms with Crippen LogP contribution in [-0.4, -0.2) is 39.3 Å². The second-order valence-corrected chi connectivity index (χ2v) is 9.25. The number of hydrogen-bond acceptors (Lipinski definition) is 4. The van der Waals surface area contributed by atoms with E-state index < -0.39 is 0 Å². The largest absolute Gasteiger partial charge is 0.324 e. The summed E-state index contributed by atoms with van der Waals surface area (Å²) in [6.07, 6.45) is 13.4. The van der Waals surface area contributed by atoms with Gasteiger partial charge in [0.05, 0.1) is 5.69 Å². The highest BCUT2D eigenvalue weighted by molar-refractivity contribution is 5.74. The molecule has 0 radical (unpaired) electrons. The predicted molar refractivity (Wildman–Crippen MR) is 132 cm³/mol. The van der Waals surface area contributed by atoms with Gasteiger partial charge in [0.2, 0.25) is 0 Å². The number of piperidine rings is 1. The Hall–Kier alpha value is -2.92. The second-order valence-electron chi connectivity index (χ2n) is 9.25. The molecule has 0 N–H and O–H groups in total. The number of fused-ring (bicyclic) bond motifs is 1. The van der Waals surface area contributed by atoms with Crippen molar-refractivity contribution in [3.63, 3.8) is 0 Å². The van der Waals surface area contributed by atoms with E-state index in [0.29, 0.717) is 23.2 Å². The Balaban J connectivity index is 1.65. The van der Waals surface area contributed by atoms with Crippen molar-refractivity contribution in [1.29, 1.82) is 0 Å². The van der Waals surface area contributed by atoms with Gasteiger partial charge in [-0.3, -0.25) is 9.20 Å². The molecule has 2 aromatic rings. The lowest BCUT2D eigenvalue weighted by Gasteiger charge is -2.29. The first-order valence-electron chi connectivity index (χ1n) is 11.6. The molecular weight excluding hydrogens is 396 g/mol. The van der Waals surface area contributed by atoms with E-state index >= 15 is 0 Å². The van der Waals surface area contributed by atoms with Gasteiger partial charge in [-0.1, -0.05) is 32.1 Å². The second kappa shape index (κ2) is 9.29. The molecule has 0 bridgehead atoms. The first kappa shape index (κ1) is 22.3. The molecule has 0 amide bonds. The summed E-state index contributed by atoms with van der Waals surface area (Å²) in [7, 11) is 2.17. The molecule has 32 heavy (non-hydrogen) atoms. The molecular formula is C27H34N4O. The molecule has 0 saturated carbocycles. The first-order valence-corrected chi connectivity index (χ1v) is 11.6. The number of likely N-dealkylation sites (tertiary alicyclic amines) is 1. The zero-order valence-corrected chi connectivity index (χ0v) is 19.7. The molecule has 2 aliphatic heterocycles. The summed E-state index contributed by atoms with van der Waals surface area (Å²) in [5.74, 6) is 1.01. The van der Waals surface area contributed by atoms with Gasteiger partial charge >= 0.3 is 0 Å². The molecule has 1 saturated heterocycles. The average molecular weight is 431 g/mol. The normalized spacial score (nSPS) is 19.5. The fraction of sp³-hybridized carbons (Fsp3) is 0.407. The Morgan fingerprint density at radius 1 is 1.28 bits per heavy atom. The monoisotopic (exact) mass is 430 g/mol. The van der Waals surface area contributed by atoms with Crippen molar-refractivity contribution >= 4 is 11.2 Å². The highest BCUT2D eigenvalue weighted by atomic mass is 16.1. The van der Waals surface area contributed by atoms with E-state index in [0.717, 1.165) is 43.6 Å². The molecule has 1 fully saturated rings. The number of pyridine rings is 1. The van der Waals surface area contributed by atoms with Gasteiger partial charge < -0.3 is 9.80 Å². The van der Waals surface area contributed by atoms with E-state index in [1.54, 1.807) is 10.5 Å². The standard InChI is InChI=1S/C27H34N4O/c1-6-19(2)20(3)16-30-17-24(8-7-21(30)4)25-15-27(32)31-18-23(9-10-26(31)28-25)22-11-13-29(5)14-12-22/h7-10,15-19,22H,4,6,11-14H2,1-3,5H3/b20-16-. The maximum absolute atomic E-state index is 13.0. The molecule has 0 aromatic carbocycles. The Kier molecular flexibility index (Phi) is 6.47. The Bertz CT molecular complexity index is 1160. The number of allylic oxidation sites excluding steroid dienone is 4. The van der Waals surface area contributed by atoms with E-state index in [4.69, 9.17) is 4.98 Å². The van der Waals surface area contributed by atoms with E-state index in [-0.39, 0.29) is 5.56 Å². The molecule has 5 heteroatoms. The number of rotatable bonds is 5. The van der Waals surface area contributed by atoms with Gasteiger partial charge in [0.25, 0.3) is 5.56 Å². The third-order valence-electron chi connectivity index (χ3n) is 6.97. The lowest BCUT2D eigenvalue weighted by Crippen LogP contribution is -2.29. The highest BCUT2D eigenvalue weighted by Gasteiger charge is 2.19. The topological polar surface area (TPSA) is 40.9 Å². The van der Waals surface area contributed by atoms with Gasteiger partial charge in [0, 0.05) is 35.9 Å². The Morgan fingerprint density at radius 2 is 2.03 bits per heavy atom. The summed E-state index contributed by atoms with van der Waals surface area (Å²) < 4.78 is 1.69. The van der Waals surface area contributed by atoms with Crippen LogP contribution in [0.2, 0.25) is 0 Å². The van der Waals surface area contributed by atoms with Gasteiger partial charge in [0.1, 0.15) is 5.65 Å². The van der Waals surface area contributed by atoms with Crippen molar-refractivity contribution in [1.82, 2.24) is 19.2 Å². The van der Waals surface area contributed by atoms with Crippen LogP contribution in [-0.2, 0) is 0 Å². The molecule has 2 aliphatic rings. The molecule has 0 aliphatic carbocycles. The van der Waals surface area contributed by atoms with Crippen molar-refractivity contribution in [2.45, 2.75) is 46.0 Å². The van der Waals surface area contributed by atoms with E-state index in [1.165, 1.54) is 11.1 Å². The van der Waals surface area contributed by atoms with Gasteiger partial charge in [-0.15, -0.1) is 0 Å². The van der Waals surface area contributed by atoms with Crippen molar-refractivity contribution in [3.8, 4) is 0 Å². The predicted octanol–water partition coefficient (Wildman–Crippen LogP) is 5.18.